The molecule has 0 aromatic carbocycles. The SMILES string of the molecule is CCC(C)C=NC(=N)SC. The first-order chi connectivity index (χ1) is 4.70. The second-order valence-corrected chi connectivity index (χ2v) is 2.97. The van der Waals surface area contributed by atoms with Crippen LogP contribution in [-0.2, 0) is 0 Å². The van der Waals surface area contributed by atoms with E-state index in [-0.39, 0.29) is 0 Å². The van der Waals surface area contributed by atoms with Crippen LogP contribution in [0.15, 0.2) is 4.99 Å². The van der Waals surface area contributed by atoms with E-state index in [4.69, 9.17) is 5.41 Å². The van der Waals surface area contributed by atoms with Gasteiger partial charge in [0, 0.05) is 6.21 Å². The van der Waals surface area contributed by atoms with Crippen molar-refractivity contribution in [1.82, 2.24) is 0 Å². The maximum atomic E-state index is 7.17. The van der Waals surface area contributed by atoms with Crippen molar-refractivity contribution in [2.45, 2.75) is 20.3 Å². The summed E-state index contributed by atoms with van der Waals surface area (Å²) in [5.41, 5.74) is 0. The number of aliphatic imine (C=N–C) groups is 1. The lowest BCUT2D eigenvalue weighted by atomic mass is 10.1. The van der Waals surface area contributed by atoms with Gasteiger partial charge in [-0.15, -0.1) is 0 Å². The van der Waals surface area contributed by atoms with Gasteiger partial charge in [0.05, 0.1) is 0 Å². The Balaban J connectivity index is 3.63. The highest BCUT2D eigenvalue weighted by Gasteiger charge is 1.92. The molecule has 0 aliphatic heterocycles. The van der Waals surface area contributed by atoms with E-state index in [9.17, 15) is 0 Å². The average molecular weight is 158 g/mol. The van der Waals surface area contributed by atoms with Gasteiger partial charge in [0.1, 0.15) is 0 Å². The second kappa shape index (κ2) is 5.47. The average Bonchev–Trinajstić information content (AvgIpc) is 1.99. The highest BCUT2D eigenvalue weighted by molar-refractivity contribution is 8.13. The zero-order valence-electron chi connectivity index (χ0n) is 6.72. The van der Waals surface area contributed by atoms with Crippen LogP contribution in [0.5, 0.6) is 0 Å². The summed E-state index contributed by atoms with van der Waals surface area (Å²) < 4.78 is 0. The number of thioether (sulfide) groups is 1. The molecule has 0 aromatic rings. The van der Waals surface area contributed by atoms with Crippen molar-refractivity contribution in [3.8, 4) is 0 Å². The molecule has 0 saturated carbocycles. The Kier molecular flexibility index (Phi) is 5.30. The molecule has 10 heavy (non-hydrogen) atoms. The molecule has 0 spiro atoms. The van der Waals surface area contributed by atoms with Gasteiger partial charge < -0.3 is 0 Å². The number of hydrogen-bond donors (Lipinski definition) is 1. The highest BCUT2D eigenvalue weighted by atomic mass is 32.2. The van der Waals surface area contributed by atoms with E-state index < -0.39 is 0 Å². The lowest BCUT2D eigenvalue weighted by Crippen LogP contribution is -1.94. The molecule has 1 N–H and O–H groups in total. The summed E-state index contributed by atoms with van der Waals surface area (Å²) in [4.78, 5) is 3.93. The second-order valence-electron chi connectivity index (χ2n) is 2.17. The molecule has 0 aliphatic carbocycles. The summed E-state index contributed by atoms with van der Waals surface area (Å²) in [6.45, 7) is 4.20. The number of rotatable bonds is 2. The molecular formula is C7H14N2S. The zero-order chi connectivity index (χ0) is 7.98. The van der Waals surface area contributed by atoms with Crippen LogP contribution in [0.3, 0.4) is 0 Å². The van der Waals surface area contributed by atoms with E-state index in [0.29, 0.717) is 11.1 Å². The van der Waals surface area contributed by atoms with Gasteiger partial charge in [0.25, 0.3) is 0 Å². The van der Waals surface area contributed by atoms with E-state index in [1.54, 1.807) is 0 Å². The van der Waals surface area contributed by atoms with Gasteiger partial charge in [-0.1, -0.05) is 25.6 Å². The number of nitrogens with one attached hydrogen (secondary N) is 1. The Bertz CT molecular complexity index is 132. The molecule has 0 fully saturated rings. The third-order valence-corrected chi connectivity index (χ3v) is 1.78. The number of nitrogens with zero attached hydrogens (tertiary/aromatic N) is 1. The van der Waals surface area contributed by atoms with Crippen molar-refractivity contribution < 1.29 is 0 Å². The fraction of sp³-hybridized carbons (Fsp3) is 0.714. The largest absolute Gasteiger partial charge is 0.277 e. The van der Waals surface area contributed by atoms with Crippen LogP contribution < -0.4 is 0 Å². The Morgan fingerprint density at radius 1 is 1.80 bits per heavy atom. The van der Waals surface area contributed by atoms with Gasteiger partial charge >= 0.3 is 0 Å². The molecule has 0 aliphatic rings. The fourth-order valence-corrected chi connectivity index (χ4v) is 0.519. The third-order valence-electron chi connectivity index (χ3n) is 1.28. The Hall–Kier alpha value is -0.310. The first-order valence-corrected chi connectivity index (χ1v) is 4.59. The third kappa shape index (κ3) is 4.56. The van der Waals surface area contributed by atoms with E-state index >= 15 is 0 Å². The van der Waals surface area contributed by atoms with Crippen molar-refractivity contribution in [3.63, 3.8) is 0 Å². The molecule has 0 rings (SSSR count). The van der Waals surface area contributed by atoms with Gasteiger partial charge in [0.15, 0.2) is 5.17 Å². The molecule has 0 heterocycles. The smallest absolute Gasteiger partial charge is 0.179 e. The van der Waals surface area contributed by atoms with Crippen LogP contribution >= 0.6 is 11.8 Å². The zero-order valence-corrected chi connectivity index (χ0v) is 7.53. The van der Waals surface area contributed by atoms with Crippen molar-refractivity contribution >= 4 is 23.1 Å². The molecule has 0 aromatic heterocycles. The summed E-state index contributed by atoms with van der Waals surface area (Å²) in [6, 6.07) is 0. The minimum Gasteiger partial charge on any atom is -0.277 e. The molecule has 0 amide bonds. The number of hydrogen-bond acceptors (Lipinski definition) is 2. The molecule has 1 unspecified atom stereocenters. The van der Waals surface area contributed by atoms with E-state index in [0.717, 1.165) is 6.42 Å². The van der Waals surface area contributed by atoms with Crippen LogP contribution in [-0.4, -0.2) is 17.6 Å². The van der Waals surface area contributed by atoms with E-state index in [2.05, 4.69) is 18.8 Å². The van der Waals surface area contributed by atoms with Crippen LogP contribution in [0.25, 0.3) is 0 Å². The van der Waals surface area contributed by atoms with Crippen molar-refractivity contribution in [3.05, 3.63) is 0 Å². The van der Waals surface area contributed by atoms with Gasteiger partial charge in [0.2, 0.25) is 0 Å². The summed E-state index contributed by atoms with van der Waals surface area (Å²) in [5, 5.41) is 7.56. The van der Waals surface area contributed by atoms with Crippen LogP contribution in [0.2, 0.25) is 0 Å². The normalized spacial score (nSPS) is 13.9. The Labute approximate surface area is 66.6 Å². The maximum Gasteiger partial charge on any atom is 0.179 e. The summed E-state index contributed by atoms with van der Waals surface area (Å²) in [7, 11) is 0. The van der Waals surface area contributed by atoms with Crippen molar-refractivity contribution in [1.29, 1.82) is 5.41 Å². The van der Waals surface area contributed by atoms with Crippen molar-refractivity contribution in [2.24, 2.45) is 10.9 Å². The quantitative estimate of drug-likeness (QED) is 0.486. The lowest BCUT2D eigenvalue weighted by Gasteiger charge is -1.97. The minimum absolute atomic E-state index is 0.389. The lowest BCUT2D eigenvalue weighted by molar-refractivity contribution is 0.755. The molecule has 0 radical (unpaired) electrons. The molecule has 0 bridgehead atoms. The van der Waals surface area contributed by atoms with Gasteiger partial charge in [-0.3, -0.25) is 5.41 Å². The summed E-state index contributed by atoms with van der Waals surface area (Å²) >= 11 is 1.36. The molecule has 3 heteroatoms. The monoisotopic (exact) mass is 158 g/mol. The number of amidine groups is 1. The molecule has 2 nitrogen and oxygen atoms in total. The molecule has 1 atom stereocenters. The standard InChI is InChI=1S/C7H14N2S/c1-4-6(2)5-9-7(8)10-3/h5-6,8H,4H2,1-3H3. The molecule has 58 valence electrons. The van der Waals surface area contributed by atoms with Gasteiger partial charge in [-0.2, -0.15) is 0 Å². The molecular weight excluding hydrogens is 144 g/mol. The minimum atomic E-state index is 0.389. The Morgan fingerprint density at radius 2 is 2.40 bits per heavy atom. The van der Waals surface area contributed by atoms with Gasteiger partial charge in [-0.05, 0) is 18.6 Å². The van der Waals surface area contributed by atoms with E-state index in [1.165, 1.54) is 11.8 Å². The van der Waals surface area contributed by atoms with Crippen molar-refractivity contribution in [2.75, 3.05) is 6.26 Å². The maximum absolute atomic E-state index is 7.17. The molecule has 0 saturated heterocycles. The van der Waals surface area contributed by atoms with Crippen LogP contribution in [0, 0.1) is 11.3 Å². The topological polar surface area (TPSA) is 36.2 Å². The first kappa shape index (κ1) is 9.69. The first-order valence-electron chi connectivity index (χ1n) is 3.37. The Morgan fingerprint density at radius 3 is 2.80 bits per heavy atom. The van der Waals surface area contributed by atoms with Crippen LogP contribution in [0.1, 0.15) is 20.3 Å². The van der Waals surface area contributed by atoms with E-state index in [1.807, 2.05) is 12.5 Å². The highest BCUT2D eigenvalue weighted by Crippen LogP contribution is 1.99. The van der Waals surface area contributed by atoms with Gasteiger partial charge in [-0.25, -0.2) is 4.99 Å². The summed E-state index contributed by atoms with van der Waals surface area (Å²) in [5.74, 6) is 0.493. The fourth-order valence-electron chi connectivity index (χ4n) is 0.353. The summed E-state index contributed by atoms with van der Waals surface area (Å²) in [6.07, 6.45) is 4.78. The predicted octanol–water partition coefficient (Wildman–Crippen LogP) is 2.40. The predicted molar refractivity (Wildman–Crippen MR) is 49.2 cm³/mol. The van der Waals surface area contributed by atoms with Crippen LogP contribution in [0.4, 0.5) is 0 Å².